The molecule has 3 rings (SSSR count). The molecule has 1 amide bonds. The molecule has 108 valence electrons. The van der Waals surface area contributed by atoms with Gasteiger partial charge in [0.25, 0.3) is 0 Å². The number of nitrogens with one attached hydrogen (secondary N) is 1. The SMILES string of the molecule is CC1NCCC1C(=O)N1CC2(C)CC1CC(C)(C)C2. The van der Waals surface area contributed by atoms with E-state index in [-0.39, 0.29) is 5.92 Å². The predicted molar refractivity (Wildman–Crippen MR) is 76.8 cm³/mol. The second-order valence-electron chi connectivity index (χ2n) is 8.32. The number of carbonyl (C=O) groups is 1. The summed E-state index contributed by atoms with van der Waals surface area (Å²) in [5.41, 5.74) is 0.754. The number of amides is 1. The average Bonchev–Trinajstić information content (AvgIpc) is 2.78. The lowest BCUT2D eigenvalue weighted by molar-refractivity contribution is -0.136. The molecule has 3 fully saturated rings. The van der Waals surface area contributed by atoms with E-state index in [1.54, 1.807) is 0 Å². The van der Waals surface area contributed by atoms with E-state index in [1.807, 2.05) is 0 Å². The van der Waals surface area contributed by atoms with E-state index in [0.717, 1.165) is 19.5 Å². The number of likely N-dealkylation sites (tertiary alicyclic amines) is 1. The highest BCUT2D eigenvalue weighted by atomic mass is 16.2. The van der Waals surface area contributed by atoms with Gasteiger partial charge in [-0.3, -0.25) is 4.79 Å². The minimum absolute atomic E-state index is 0.214. The number of fused-ring (bicyclic) bond motifs is 2. The van der Waals surface area contributed by atoms with Crippen molar-refractivity contribution >= 4 is 5.91 Å². The normalized spacial score (nSPS) is 44.6. The maximum Gasteiger partial charge on any atom is 0.227 e. The highest BCUT2D eigenvalue weighted by Crippen LogP contribution is 2.52. The molecule has 1 aliphatic carbocycles. The molecule has 2 aliphatic heterocycles. The van der Waals surface area contributed by atoms with Crippen molar-refractivity contribution in [3.05, 3.63) is 0 Å². The van der Waals surface area contributed by atoms with Crippen molar-refractivity contribution < 1.29 is 4.79 Å². The van der Waals surface area contributed by atoms with E-state index in [4.69, 9.17) is 0 Å². The molecule has 4 atom stereocenters. The Labute approximate surface area is 117 Å². The summed E-state index contributed by atoms with van der Waals surface area (Å²) in [6, 6.07) is 0.850. The van der Waals surface area contributed by atoms with E-state index in [1.165, 1.54) is 19.3 Å². The van der Waals surface area contributed by atoms with Crippen LogP contribution in [0.25, 0.3) is 0 Å². The molecule has 1 N–H and O–H groups in total. The van der Waals surface area contributed by atoms with Gasteiger partial charge in [-0.25, -0.2) is 0 Å². The number of hydrogen-bond acceptors (Lipinski definition) is 2. The van der Waals surface area contributed by atoms with Crippen molar-refractivity contribution in [1.29, 1.82) is 0 Å². The monoisotopic (exact) mass is 264 g/mol. The van der Waals surface area contributed by atoms with E-state index in [0.29, 0.717) is 28.8 Å². The molecule has 1 saturated carbocycles. The van der Waals surface area contributed by atoms with Gasteiger partial charge in [0.2, 0.25) is 5.91 Å². The van der Waals surface area contributed by atoms with Crippen molar-refractivity contribution in [2.45, 2.75) is 65.5 Å². The quantitative estimate of drug-likeness (QED) is 0.789. The zero-order chi connectivity index (χ0) is 13.8. The maximum absolute atomic E-state index is 12.8. The summed E-state index contributed by atoms with van der Waals surface area (Å²) < 4.78 is 0. The second kappa shape index (κ2) is 4.21. The number of nitrogens with zero attached hydrogens (tertiary/aromatic N) is 1. The van der Waals surface area contributed by atoms with Crippen LogP contribution in [0, 0.1) is 16.7 Å². The van der Waals surface area contributed by atoms with Gasteiger partial charge in [-0.15, -0.1) is 0 Å². The average molecular weight is 264 g/mol. The first-order chi connectivity index (χ1) is 8.80. The standard InChI is InChI=1S/C16H28N2O/c1-11-13(5-6-17-11)14(19)18-10-16(4)8-12(18)7-15(2,3)9-16/h11-13,17H,5-10H2,1-4H3. The third-order valence-electron chi connectivity index (χ3n) is 5.54. The summed E-state index contributed by atoms with van der Waals surface area (Å²) in [6.45, 7) is 11.3. The van der Waals surface area contributed by atoms with Gasteiger partial charge in [-0.05, 0) is 50.0 Å². The van der Waals surface area contributed by atoms with Crippen molar-refractivity contribution in [3.63, 3.8) is 0 Å². The van der Waals surface area contributed by atoms with Crippen LogP contribution in [0.15, 0.2) is 0 Å². The van der Waals surface area contributed by atoms with Gasteiger partial charge in [0.05, 0.1) is 5.92 Å². The summed E-state index contributed by atoms with van der Waals surface area (Å²) in [7, 11) is 0. The highest BCUT2D eigenvalue weighted by Gasteiger charge is 2.52. The van der Waals surface area contributed by atoms with Gasteiger partial charge in [-0.2, -0.15) is 0 Å². The van der Waals surface area contributed by atoms with Crippen molar-refractivity contribution in [2.24, 2.45) is 16.7 Å². The minimum Gasteiger partial charge on any atom is -0.339 e. The fourth-order valence-corrected chi connectivity index (χ4v) is 5.13. The lowest BCUT2D eigenvalue weighted by atomic mass is 9.65. The molecule has 0 aromatic rings. The van der Waals surface area contributed by atoms with Crippen molar-refractivity contribution in [2.75, 3.05) is 13.1 Å². The van der Waals surface area contributed by atoms with Crippen molar-refractivity contribution in [1.82, 2.24) is 10.2 Å². The molecule has 3 nitrogen and oxygen atoms in total. The summed E-state index contributed by atoms with van der Waals surface area (Å²) in [6.07, 6.45) is 4.68. The van der Waals surface area contributed by atoms with Gasteiger partial charge >= 0.3 is 0 Å². The zero-order valence-corrected chi connectivity index (χ0v) is 12.8. The summed E-state index contributed by atoms with van der Waals surface area (Å²) in [5.74, 6) is 0.634. The van der Waals surface area contributed by atoms with Crippen LogP contribution in [0.5, 0.6) is 0 Å². The molecule has 2 bridgehead atoms. The Balaban J connectivity index is 1.78. The minimum atomic E-state index is 0.214. The first-order valence-corrected chi connectivity index (χ1v) is 7.84. The number of hydrogen-bond donors (Lipinski definition) is 1. The Morgan fingerprint density at radius 3 is 2.63 bits per heavy atom. The predicted octanol–water partition coefficient (Wildman–Crippen LogP) is 2.41. The molecular formula is C16H28N2O. The summed E-state index contributed by atoms with van der Waals surface area (Å²) >= 11 is 0. The van der Waals surface area contributed by atoms with Crippen LogP contribution in [0.1, 0.15) is 53.4 Å². The third kappa shape index (κ3) is 2.31. The Bertz CT molecular complexity index is 392. The Hall–Kier alpha value is -0.570. The van der Waals surface area contributed by atoms with Crippen molar-refractivity contribution in [3.8, 4) is 0 Å². The first kappa shape index (κ1) is 13.4. The Morgan fingerprint density at radius 1 is 1.26 bits per heavy atom. The van der Waals surface area contributed by atoms with Crippen LogP contribution >= 0.6 is 0 Å². The van der Waals surface area contributed by atoms with Crippen LogP contribution in [0.4, 0.5) is 0 Å². The fraction of sp³-hybridized carbons (Fsp3) is 0.938. The summed E-state index contributed by atoms with van der Waals surface area (Å²) in [4.78, 5) is 15.1. The van der Waals surface area contributed by atoms with E-state index in [2.05, 4.69) is 37.9 Å². The van der Waals surface area contributed by atoms with Crippen LogP contribution in [-0.2, 0) is 4.79 Å². The Morgan fingerprint density at radius 2 is 2.00 bits per heavy atom. The van der Waals surface area contributed by atoms with Crippen LogP contribution in [-0.4, -0.2) is 36.0 Å². The molecule has 2 heterocycles. The molecular weight excluding hydrogens is 236 g/mol. The number of carbonyl (C=O) groups excluding carboxylic acids is 1. The summed E-state index contributed by atoms with van der Waals surface area (Å²) in [5, 5.41) is 3.41. The molecule has 0 spiro atoms. The van der Waals surface area contributed by atoms with E-state index < -0.39 is 0 Å². The van der Waals surface area contributed by atoms with E-state index >= 15 is 0 Å². The van der Waals surface area contributed by atoms with E-state index in [9.17, 15) is 4.79 Å². The van der Waals surface area contributed by atoms with Gasteiger partial charge in [0.1, 0.15) is 0 Å². The molecule has 3 aliphatic rings. The molecule has 19 heavy (non-hydrogen) atoms. The highest BCUT2D eigenvalue weighted by molar-refractivity contribution is 5.80. The zero-order valence-electron chi connectivity index (χ0n) is 12.8. The molecule has 0 radical (unpaired) electrons. The molecule has 4 unspecified atom stereocenters. The topological polar surface area (TPSA) is 32.3 Å². The second-order valence-corrected chi connectivity index (χ2v) is 8.32. The Kier molecular flexibility index (Phi) is 2.97. The van der Waals surface area contributed by atoms with Gasteiger partial charge in [0, 0.05) is 18.6 Å². The largest absolute Gasteiger partial charge is 0.339 e. The van der Waals surface area contributed by atoms with Crippen LogP contribution in [0.3, 0.4) is 0 Å². The maximum atomic E-state index is 12.8. The third-order valence-corrected chi connectivity index (χ3v) is 5.54. The lowest BCUT2D eigenvalue weighted by Crippen LogP contribution is -2.43. The number of rotatable bonds is 1. The fourth-order valence-electron chi connectivity index (χ4n) is 5.13. The molecule has 3 heteroatoms. The van der Waals surface area contributed by atoms with Gasteiger partial charge in [-0.1, -0.05) is 20.8 Å². The lowest BCUT2D eigenvalue weighted by Gasteiger charge is -2.39. The first-order valence-electron chi connectivity index (χ1n) is 7.84. The molecule has 0 aromatic heterocycles. The van der Waals surface area contributed by atoms with Gasteiger partial charge in [0.15, 0.2) is 0 Å². The van der Waals surface area contributed by atoms with Crippen LogP contribution in [0.2, 0.25) is 0 Å². The van der Waals surface area contributed by atoms with Gasteiger partial charge < -0.3 is 10.2 Å². The molecule has 0 aromatic carbocycles. The smallest absolute Gasteiger partial charge is 0.227 e. The van der Waals surface area contributed by atoms with Crippen LogP contribution < -0.4 is 5.32 Å². The molecule has 2 saturated heterocycles.